The summed E-state index contributed by atoms with van der Waals surface area (Å²) >= 11 is 0. The fraction of sp³-hybridized carbons (Fsp3) is 0.316. The molecule has 116 valence electrons. The predicted octanol–water partition coefficient (Wildman–Crippen LogP) is 3.78. The van der Waals surface area contributed by atoms with Crippen LogP contribution in [0.5, 0.6) is 0 Å². The molecule has 0 radical (unpaired) electrons. The number of rotatable bonds is 6. The van der Waals surface area contributed by atoms with Gasteiger partial charge in [0.2, 0.25) is 5.91 Å². The lowest BCUT2D eigenvalue weighted by molar-refractivity contribution is -0.122. The van der Waals surface area contributed by atoms with Crippen molar-refractivity contribution in [3.05, 3.63) is 66.2 Å². The minimum absolute atomic E-state index is 0.0305. The Kier molecular flexibility index (Phi) is 5.59. The van der Waals surface area contributed by atoms with Crippen molar-refractivity contribution >= 4 is 11.6 Å². The van der Waals surface area contributed by atoms with E-state index in [0.29, 0.717) is 6.42 Å². The molecule has 1 N–H and O–H groups in total. The summed E-state index contributed by atoms with van der Waals surface area (Å²) < 4.78 is 0. The Morgan fingerprint density at radius 1 is 1.00 bits per heavy atom. The molecule has 0 saturated carbocycles. The van der Waals surface area contributed by atoms with Crippen molar-refractivity contribution in [2.75, 3.05) is 11.9 Å². The third-order valence-corrected chi connectivity index (χ3v) is 3.98. The zero-order valence-corrected chi connectivity index (χ0v) is 13.5. The van der Waals surface area contributed by atoms with Crippen LogP contribution in [-0.2, 0) is 4.79 Å². The standard InChI is InChI=1S/C19H24N2O/c1-15(21(3)18-12-8-5-9-13-18)14-19(22)20-16(2)17-10-6-4-7-11-17/h4-13,15-16H,14H2,1-3H3,(H,20,22)/t15-,16-/m0/s1. The highest BCUT2D eigenvalue weighted by Gasteiger charge is 2.16. The van der Waals surface area contributed by atoms with Gasteiger partial charge < -0.3 is 10.2 Å². The Labute approximate surface area is 133 Å². The third-order valence-electron chi connectivity index (χ3n) is 3.98. The Bertz CT molecular complexity index is 583. The lowest BCUT2D eigenvalue weighted by Crippen LogP contribution is -2.36. The highest BCUT2D eigenvalue weighted by atomic mass is 16.1. The molecular weight excluding hydrogens is 272 g/mol. The van der Waals surface area contributed by atoms with Crippen molar-refractivity contribution in [1.29, 1.82) is 0 Å². The first-order valence-corrected chi connectivity index (χ1v) is 7.70. The van der Waals surface area contributed by atoms with Crippen LogP contribution in [0.15, 0.2) is 60.7 Å². The van der Waals surface area contributed by atoms with Crippen molar-refractivity contribution < 1.29 is 4.79 Å². The van der Waals surface area contributed by atoms with E-state index in [1.54, 1.807) is 0 Å². The van der Waals surface area contributed by atoms with E-state index in [9.17, 15) is 4.79 Å². The SMILES string of the molecule is C[C@H](NC(=O)C[C@H](C)N(C)c1ccccc1)c1ccccc1. The molecule has 2 aromatic rings. The van der Waals surface area contributed by atoms with Crippen molar-refractivity contribution in [2.24, 2.45) is 0 Å². The van der Waals surface area contributed by atoms with Gasteiger partial charge in [-0.1, -0.05) is 48.5 Å². The molecule has 0 heterocycles. The molecule has 3 heteroatoms. The van der Waals surface area contributed by atoms with Gasteiger partial charge in [0.25, 0.3) is 0 Å². The van der Waals surface area contributed by atoms with Crippen LogP contribution < -0.4 is 10.2 Å². The molecule has 0 saturated heterocycles. The first kappa shape index (κ1) is 16.1. The number of para-hydroxylation sites is 1. The maximum absolute atomic E-state index is 12.2. The van der Waals surface area contributed by atoms with Gasteiger partial charge in [-0.15, -0.1) is 0 Å². The Hall–Kier alpha value is -2.29. The Morgan fingerprint density at radius 2 is 1.55 bits per heavy atom. The van der Waals surface area contributed by atoms with Gasteiger partial charge in [0.05, 0.1) is 6.04 Å². The van der Waals surface area contributed by atoms with E-state index in [0.717, 1.165) is 11.3 Å². The van der Waals surface area contributed by atoms with Crippen molar-refractivity contribution in [3.8, 4) is 0 Å². The van der Waals surface area contributed by atoms with Gasteiger partial charge in [-0.25, -0.2) is 0 Å². The smallest absolute Gasteiger partial charge is 0.222 e. The summed E-state index contributed by atoms with van der Waals surface area (Å²) in [5.41, 5.74) is 2.25. The second kappa shape index (κ2) is 7.64. The molecule has 0 aliphatic heterocycles. The van der Waals surface area contributed by atoms with Crippen molar-refractivity contribution in [3.63, 3.8) is 0 Å². The van der Waals surface area contributed by atoms with Gasteiger partial charge in [-0.3, -0.25) is 4.79 Å². The lowest BCUT2D eigenvalue weighted by atomic mass is 10.1. The molecule has 2 aromatic carbocycles. The van der Waals surface area contributed by atoms with Crippen molar-refractivity contribution in [2.45, 2.75) is 32.4 Å². The number of nitrogens with one attached hydrogen (secondary N) is 1. The fourth-order valence-corrected chi connectivity index (χ4v) is 2.45. The van der Waals surface area contributed by atoms with E-state index in [4.69, 9.17) is 0 Å². The monoisotopic (exact) mass is 296 g/mol. The number of benzene rings is 2. The van der Waals surface area contributed by atoms with E-state index in [-0.39, 0.29) is 18.0 Å². The topological polar surface area (TPSA) is 32.3 Å². The molecule has 0 unspecified atom stereocenters. The molecular formula is C19H24N2O. The van der Waals surface area contributed by atoms with E-state index in [2.05, 4.69) is 29.3 Å². The van der Waals surface area contributed by atoms with Crippen LogP contribution in [-0.4, -0.2) is 19.0 Å². The highest BCUT2D eigenvalue weighted by Crippen LogP contribution is 2.16. The second-order valence-electron chi connectivity index (χ2n) is 5.70. The van der Waals surface area contributed by atoms with Gasteiger partial charge in [-0.2, -0.15) is 0 Å². The maximum Gasteiger partial charge on any atom is 0.222 e. The summed E-state index contributed by atoms with van der Waals surface area (Å²) in [6, 6.07) is 20.3. The molecule has 3 nitrogen and oxygen atoms in total. The number of carbonyl (C=O) groups is 1. The van der Waals surface area contributed by atoms with E-state index in [1.165, 1.54) is 0 Å². The first-order chi connectivity index (χ1) is 10.6. The van der Waals surface area contributed by atoms with Crippen LogP contribution in [0, 0.1) is 0 Å². The fourth-order valence-electron chi connectivity index (χ4n) is 2.45. The van der Waals surface area contributed by atoms with Gasteiger partial charge in [-0.05, 0) is 31.5 Å². The molecule has 0 spiro atoms. The highest BCUT2D eigenvalue weighted by molar-refractivity contribution is 5.77. The van der Waals surface area contributed by atoms with Crippen LogP contribution in [0.3, 0.4) is 0 Å². The first-order valence-electron chi connectivity index (χ1n) is 7.70. The number of hydrogen-bond acceptors (Lipinski definition) is 2. The normalized spacial score (nSPS) is 13.2. The molecule has 0 aliphatic rings. The average Bonchev–Trinajstić information content (AvgIpc) is 2.55. The predicted molar refractivity (Wildman–Crippen MR) is 91.9 cm³/mol. The zero-order valence-electron chi connectivity index (χ0n) is 13.5. The quantitative estimate of drug-likeness (QED) is 0.880. The van der Waals surface area contributed by atoms with E-state index >= 15 is 0 Å². The summed E-state index contributed by atoms with van der Waals surface area (Å²) in [7, 11) is 2.02. The van der Waals surface area contributed by atoms with E-state index < -0.39 is 0 Å². The zero-order chi connectivity index (χ0) is 15.9. The molecule has 2 rings (SSSR count). The summed E-state index contributed by atoms with van der Waals surface area (Å²) in [5.74, 6) is 0.0756. The molecule has 1 amide bonds. The molecule has 0 bridgehead atoms. The molecule has 2 atom stereocenters. The lowest BCUT2D eigenvalue weighted by Gasteiger charge is -2.27. The van der Waals surface area contributed by atoms with Crippen LogP contribution in [0.25, 0.3) is 0 Å². The summed E-state index contributed by atoms with van der Waals surface area (Å²) in [4.78, 5) is 14.4. The summed E-state index contributed by atoms with van der Waals surface area (Å²) in [6.45, 7) is 4.08. The largest absolute Gasteiger partial charge is 0.371 e. The minimum atomic E-state index is 0.0305. The van der Waals surface area contributed by atoms with Gasteiger partial charge in [0, 0.05) is 25.2 Å². The minimum Gasteiger partial charge on any atom is -0.371 e. The molecule has 0 aliphatic carbocycles. The summed E-state index contributed by atoms with van der Waals surface area (Å²) in [6.07, 6.45) is 0.475. The number of carbonyl (C=O) groups excluding carboxylic acids is 1. The van der Waals surface area contributed by atoms with Crippen LogP contribution in [0.2, 0.25) is 0 Å². The van der Waals surface area contributed by atoms with Crippen molar-refractivity contribution in [1.82, 2.24) is 5.32 Å². The molecule has 22 heavy (non-hydrogen) atoms. The van der Waals surface area contributed by atoms with Gasteiger partial charge in [0.15, 0.2) is 0 Å². The number of hydrogen-bond donors (Lipinski definition) is 1. The average molecular weight is 296 g/mol. The molecule has 0 aromatic heterocycles. The van der Waals surface area contributed by atoms with Gasteiger partial charge >= 0.3 is 0 Å². The summed E-state index contributed by atoms with van der Waals surface area (Å²) in [5, 5.41) is 3.07. The number of amides is 1. The Morgan fingerprint density at radius 3 is 2.14 bits per heavy atom. The van der Waals surface area contributed by atoms with E-state index in [1.807, 2.05) is 62.5 Å². The second-order valence-corrected chi connectivity index (χ2v) is 5.70. The van der Waals surface area contributed by atoms with Gasteiger partial charge in [0.1, 0.15) is 0 Å². The van der Waals surface area contributed by atoms with Crippen LogP contribution in [0.1, 0.15) is 31.9 Å². The van der Waals surface area contributed by atoms with Crippen LogP contribution in [0.4, 0.5) is 5.69 Å². The number of nitrogens with zero attached hydrogens (tertiary/aromatic N) is 1. The maximum atomic E-state index is 12.2. The van der Waals surface area contributed by atoms with Crippen LogP contribution >= 0.6 is 0 Å². The number of anilines is 1. The molecule has 0 fully saturated rings. The Balaban J connectivity index is 1.89. The third kappa shape index (κ3) is 4.35.